The fourth-order valence-electron chi connectivity index (χ4n) is 1.05. The van der Waals surface area contributed by atoms with Gasteiger partial charge in [-0.3, -0.25) is 9.59 Å². The van der Waals surface area contributed by atoms with Crippen LogP contribution in [-0.4, -0.2) is 19.6 Å². The van der Waals surface area contributed by atoms with Crippen molar-refractivity contribution < 1.29 is 13.9 Å². The van der Waals surface area contributed by atoms with E-state index in [1.165, 1.54) is 7.11 Å². The zero-order valence-electron chi connectivity index (χ0n) is 9.57. The number of methoxy groups -OCH3 is 1. The first-order chi connectivity index (χ1) is 7.54. The fraction of sp³-hybridized carbons (Fsp3) is 0.455. The number of carbonyl (C=O) groups excluding carboxylic acids is 1. The second-order valence-electron chi connectivity index (χ2n) is 3.78. The monoisotopic (exact) mass is 225 g/mol. The zero-order chi connectivity index (χ0) is 12.1. The summed E-state index contributed by atoms with van der Waals surface area (Å²) in [5, 5.41) is 2.65. The van der Waals surface area contributed by atoms with Crippen LogP contribution in [0.5, 0.6) is 5.75 Å². The first-order valence-corrected chi connectivity index (χ1v) is 4.99. The summed E-state index contributed by atoms with van der Waals surface area (Å²) < 4.78 is 9.73. The minimum absolute atomic E-state index is 0.00792. The molecular weight excluding hydrogens is 210 g/mol. The van der Waals surface area contributed by atoms with Crippen molar-refractivity contribution in [2.24, 2.45) is 5.92 Å². The van der Waals surface area contributed by atoms with Crippen molar-refractivity contribution in [3.05, 3.63) is 28.3 Å². The molecule has 0 saturated carbocycles. The Balaban J connectivity index is 2.77. The van der Waals surface area contributed by atoms with Gasteiger partial charge in [-0.1, -0.05) is 13.8 Å². The predicted octanol–water partition coefficient (Wildman–Crippen LogP) is 1.03. The van der Waals surface area contributed by atoms with Crippen molar-refractivity contribution >= 4 is 5.91 Å². The summed E-state index contributed by atoms with van der Waals surface area (Å²) in [4.78, 5) is 22.9. The first kappa shape index (κ1) is 12.3. The van der Waals surface area contributed by atoms with E-state index in [-0.39, 0.29) is 16.9 Å². The maximum Gasteiger partial charge on any atom is 0.287 e. The van der Waals surface area contributed by atoms with Crippen molar-refractivity contribution in [1.82, 2.24) is 5.32 Å². The summed E-state index contributed by atoms with van der Waals surface area (Å²) in [5.74, 6) is 0.0224. The summed E-state index contributed by atoms with van der Waals surface area (Å²) >= 11 is 0. The molecule has 5 heteroatoms. The van der Waals surface area contributed by atoms with Crippen molar-refractivity contribution in [2.45, 2.75) is 13.8 Å². The molecule has 0 aliphatic rings. The third-order valence-corrected chi connectivity index (χ3v) is 1.91. The highest BCUT2D eigenvalue weighted by Crippen LogP contribution is 2.04. The van der Waals surface area contributed by atoms with Gasteiger partial charge >= 0.3 is 0 Å². The van der Waals surface area contributed by atoms with Gasteiger partial charge in [-0.2, -0.15) is 0 Å². The highest BCUT2D eigenvalue weighted by molar-refractivity contribution is 5.91. The topological polar surface area (TPSA) is 68.5 Å². The Hall–Kier alpha value is -1.78. The Morgan fingerprint density at radius 3 is 2.75 bits per heavy atom. The molecule has 1 heterocycles. The highest BCUT2D eigenvalue weighted by Gasteiger charge is 2.11. The molecule has 0 unspecified atom stereocenters. The van der Waals surface area contributed by atoms with Gasteiger partial charge in [0.15, 0.2) is 5.76 Å². The van der Waals surface area contributed by atoms with Crippen LogP contribution in [-0.2, 0) is 0 Å². The van der Waals surface area contributed by atoms with Crippen molar-refractivity contribution in [3.8, 4) is 5.75 Å². The molecule has 88 valence electrons. The van der Waals surface area contributed by atoms with Gasteiger partial charge in [-0.25, -0.2) is 0 Å². The molecule has 0 bridgehead atoms. The van der Waals surface area contributed by atoms with E-state index in [4.69, 9.17) is 9.15 Å². The van der Waals surface area contributed by atoms with Gasteiger partial charge in [0.2, 0.25) is 11.2 Å². The van der Waals surface area contributed by atoms with Crippen LogP contribution in [0.25, 0.3) is 0 Å². The zero-order valence-corrected chi connectivity index (χ0v) is 9.57. The number of hydrogen-bond donors (Lipinski definition) is 1. The van der Waals surface area contributed by atoms with Crippen LogP contribution in [0, 0.1) is 5.92 Å². The average Bonchev–Trinajstić information content (AvgIpc) is 2.25. The first-order valence-electron chi connectivity index (χ1n) is 4.99. The van der Waals surface area contributed by atoms with E-state index in [1.54, 1.807) is 0 Å². The van der Waals surface area contributed by atoms with Crippen LogP contribution in [0.15, 0.2) is 21.5 Å². The molecule has 0 spiro atoms. The molecule has 0 saturated heterocycles. The summed E-state index contributed by atoms with van der Waals surface area (Å²) in [7, 11) is 1.37. The van der Waals surface area contributed by atoms with Gasteiger partial charge in [-0.05, 0) is 5.92 Å². The number of rotatable bonds is 4. The second-order valence-corrected chi connectivity index (χ2v) is 3.78. The van der Waals surface area contributed by atoms with Crippen molar-refractivity contribution in [3.63, 3.8) is 0 Å². The van der Waals surface area contributed by atoms with Gasteiger partial charge in [0, 0.05) is 12.6 Å². The van der Waals surface area contributed by atoms with E-state index >= 15 is 0 Å². The standard InChI is InChI=1S/C11H15NO4/c1-7(2)5-12-11(14)9-4-8(13)10(15-3)6-16-9/h4,6-7H,5H2,1-3H3,(H,12,14). The summed E-state index contributed by atoms with van der Waals surface area (Å²) in [6, 6.07) is 1.12. The third-order valence-electron chi connectivity index (χ3n) is 1.91. The summed E-state index contributed by atoms with van der Waals surface area (Å²) in [5.41, 5.74) is -0.372. The number of ether oxygens (including phenoxy) is 1. The molecule has 16 heavy (non-hydrogen) atoms. The van der Waals surface area contributed by atoms with E-state index in [0.717, 1.165) is 12.3 Å². The van der Waals surface area contributed by atoms with E-state index in [2.05, 4.69) is 5.32 Å². The number of nitrogens with one attached hydrogen (secondary N) is 1. The molecular formula is C11H15NO4. The quantitative estimate of drug-likeness (QED) is 0.831. The van der Waals surface area contributed by atoms with Crippen LogP contribution in [0.2, 0.25) is 0 Å². The second kappa shape index (κ2) is 5.34. The van der Waals surface area contributed by atoms with Gasteiger partial charge in [0.1, 0.15) is 6.26 Å². The van der Waals surface area contributed by atoms with Crippen molar-refractivity contribution in [1.29, 1.82) is 0 Å². The molecule has 0 atom stereocenters. The van der Waals surface area contributed by atoms with E-state index in [0.29, 0.717) is 12.5 Å². The Morgan fingerprint density at radius 2 is 2.25 bits per heavy atom. The molecule has 1 rings (SSSR count). The lowest BCUT2D eigenvalue weighted by Gasteiger charge is -2.06. The Bertz CT molecular complexity index is 422. The van der Waals surface area contributed by atoms with E-state index < -0.39 is 5.91 Å². The fourth-order valence-corrected chi connectivity index (χ4v) is 1.05. The van der Waals surface area contributed by atoms with Crippen LogP contribution in [0.4, 0.5) is 0 Å². The number of hydrogen-bond acceptors (Lipinski definition) is 4. The Kier molecular flexibility index (Phi) is 4.10. The maximum atomic E-state index is 11.5. The van der Waals surface area contributed by atoms with Crippen LogP contribution < -0.4 is 15.5 Å². The highest BCUT2D eigenvalue weighted by atomic mass is 16.5. The van der Waals surface area contributed by atoms with Crippen molar-refractivity contribution in [2.75, 3.05) is 13.7 Å². The molecule has 0 radical (unpaired) electrons. The average molecular weight is 225 g/mol. The summed E-state index contributed by atoms with van der Waals surface area (Å²) in [6.45, 7) is 4.49. The summed E-state index contributed by atoms with van der Waals surface area (Å²) in [6.07, 6.45) is 1.13. The van der Waals surface area contributed by atoms with E-state index in [9.17, 15) is 9.59 Å². The SMILES string of the molecule is COc1coc(C(=O)NCC(C)C)cc1=O. The van der Waals surface area contributed by atoms with Crippen LogP contribution >= 0.6 is 0 Å². The lowest BCUT2D eigenvalue weighted by atomic mass is 10.2. The smallest absolute Gasteiger partial charge is 0.287 e. The number of carbonyl (C=O) groups is 1. The van der Waals surface area contributed by atoms with Crippen LogP contribution in [0.3, 0.4) is 0 Å². The lowest BCUT2D eigenvalue weighted by molar-refractivity contribution is 0.0918. The van der Waals surface area contributed by atoms with E-state index in [1.807, 2.05) is 13.8 Å². The molecule has 1 N–H and O–H groups in total. The minimum Gasteiger partial charge on any atom is -0.490 e. The van der Waals surface area contributed by atoms with Gasteiger partial charge in [0.25, 0.3) is 5.91 Å². The van der Waals surface area contributed by atoms with Gasteiger partial charge < -0.3 is 14.5 Å². The molecule has 1 aromatic rings. The Labute approximate surface area is 93.4 Å². The Morgan fingerprint density at radius 1 is 1.56 bits per heavy atom. The molecule has 1 amide bonds. The molecule has 1 aromatic heterocycles. The molecule has 0 aliphatic carbocycles. The molecule has 0 fully saturated rings. The third kappa shape index (κ3) is 3.12. The molecule has 0 aromatic carbocycles. The number of amides is 1. The van der Waals surface area contributed by atoms with Crippen LogP contribution in [0.1, 0.15) is 24.4 Å². The molecule has 0 aliphatic heterocycles. The van der Waals surface area contributed by atoms with Gasteiger partial charge in [0.05, 0.1) is 7.11 Å². The van der Waals surface area contributed by atoms with Gasteiger partial charge in [-0.15, -0.1) is 0 Å². The maximum absolute atomic E-state index is 11.5. The normalized spacial score (nSPS) is 10.2. The largest absolute Gasteiger partial charge is 0.490 e. The minimum atomic E-state index is -0.395. The lowest BCUT2D eigenvalue weighted by Crippen LogP contribution is -2.28. The predicted molar refractivity (Wildman–Crippen MR) is 58.7 cm³/mol. The molecule has 5 nitrogen and oxygen atoms in total.